The van der Waals surface area contributed by atoms with Crippen molar-refractivity contribution < 1.29 is 76.1 Å². The first-order valence-corrected chi connectivity index (χ1v) is 43.0. The lowest BCUT2D eigenvalue weighted by Crippen LogP contribution is -2.35. The van der Waals surface area contributed by atoms with E-state index in [1.807, 2.05) is 142 Å². The van der Waals surface area contributed by atoms with E-state index in [1.165, 1.54) is 71.0 Å². The second-order valence-corrected chi connectivity index (χ2v) is 34.5. The number of carbonyl (C=O) groups excluding carboxylic acids is 7. The number of likely N-dealkylation sites (tertiary alicyclic amines) is 1. The van der Waals surface area contributed by atoms with Crippen LogP contribution in [-0.2, 0) is 14.6 Å². The van der Waals surface area contributed by atoms with Gasteiger partial charge >= 0.3 is 0 Å². The number of benzene rings is 9. The van der Waals surface area contributed by atoms with Gasteiger partial charge in [0.2, 0.25) is 0 Å². The Morgan fingerprint density at radius 3 is 1.01 bits per heavy atom. The maximum absolute atomic E-state index is 12.3. The lowest BCUT2D eigenvalue weighted by molar-refractivity contribution is -0.117. The molecule has 0 radical (unpaired) electrons. The van der Waals surface area contributed by atoms with Crippen LogP contribution < -0.4 is 9.47 Å². The average molecular weight is 1690 g/mol. The summed E-state index contributed by atoms with van der Waals surface area (Å²) in [6.07, 6.45) is 4.78. The van der Waals surface area contributed by atoms with Gasteiger partial charge in [-0.15, -0.1) is 0 Å². The van der Waals surface area contributed by atoms with Gasteiger partial charge in [0.05, 0.1) is 33.7 Å². The zero-order valence-electron chi connectivity index (χ0n) is 93.4. The van der Waals surface area contributed by atoms with E-state index in [2.05, 4.69) is 109 Å². The summed E-state index contributed by atoms with van der Waals surface area (Å²) >= 11 is 0. The van der Waals surface area contributed by atoms with Crippen molar-refractivity contribution >= 4 is 50.8 Å². The molecule has 1 aliphatic rings. The Bertz CT molecular complexity index is 5420. The normalized spacial score (nSPS) is 14.2. The SMILES string of the molecule is CC(=O)CN(C)C(=O)c1cccc(C(C)C)c1.CC(=O)c1ccc(C(C)C)cc1.CC(=O)c1cccc(C(C)C)c1.CC(C)c1ccc(S(C)(=O)=O)cc1.CC(C)c1cccc(C(=O)N2CCCCC2)c1.[2H]C([2H])([2H])N(C(=O)c1ccc(C(C)C)cc1)C([2H])([2H])[2H].[2H]C([2H])([2H])N(C(=O)c1cccc(C(C)C)c1)C([2H])([2H])[2H].[2H]C([2H])([2H])Oc1ccc(C(C)C)cc1.[2H]C([2H])([2H])Oc1cccc(C(C)C)c1. The molecule has 0 saturated carbocycles. The molecule has 0 aliphatic carbocycles. The van der Waals surface area contributed by atoms with Crippen LogP contribution in [0.3, 0.4) is 0 Å². The maximum Gasteiger partial charge on any atom is 0.254 e. The van der Waals surface area contributed by atoms with Crippen LogP contribution in [0, 0.1) is 0 Å². The number of sulfone groups is 1. The van der Waals surface area contributed by atoms with Gasteiger partial charge in [0, 0.05) is 104 Å². The van der Waals surface area contributed by atoms with Gasteiger partial charge in [-0.2, -0.15) is 0 Å². The summed E-state index contributed by atoms with van der Waals surface area (Å²) in [5.41, 5.74) is 13.3. The van der Waals surface area contributed by atoms with Gasteiger partial charge in [-0.25, -0.2) is 8.42 Å². The van der Waals surface area contributed by atoms with Crippen molar-refractivity contribution in [3.05, 3.63) is 302 Å². The Kier molecular flexibility index (Phi) is 35.6. The average Bonchev–Trinajstić information content (AvgIpc) is 0.793. The third-order valence-corrected chi connectivity index (χ3v) is 20.4. The molecule has 10 rings (SSSR count). The van der Waals surface area contributed by atoms with Crippen LogP contribution in [0.1, 0.15) is 355 Å². The lowest BCUT2D eigenvalue weighted by Gasteiger charge is -2.27. The lowest BCUT2D eigenvalue weighted by atomic mass is 10.00. The molecule has 1 heterocycles. The first kappa shape index (κ1) is 78.9. The monoisotopic (exact) mass is 1690 g/mol. The Balaban J connectivity index is 0.000000532. The van der Waals surface area contributed by atoms with Crippen molar-refractivity contribution in [2.45, 2.75) is 223 Å². The third-order valence-electron chi connectivity index (χ3n) is 19.3. The van der Waals surface area contributed by atoms with Crippen molar-refractivity contribution in [1.82, 2.24) is 19.6 Å². The zero-order valence-corrected chi connectivity index (χ0v) is 76.2. The number of rotatable bonds is 20. The largest absolute Gasteiger partial charge is 0.497 e. The molecule has 1 saturated heterocycles. The van der Waals surface area contributed by atoms with Crippen LogP contribution in [0.25, 0.3) is 0 Å². The molecule has 0 atom stereocenters. The molecule has 0 unspecified atom stereocenters. The number of carbonyl (C=O) groups is 7. The highest BCUT2D eigenvalue weighted by Crippen LogP contribution is 2.25. The Hall–Kier alpha value is -10.6. The zero-order chi connectivity index (χ0) is 107. The fourth-order valence-electron chi connectivity index (χ4n) is 11.4. The number of methoxy groups -OCH3 is 2. The summed E-state index contributed by atoms with van der Waals surface area (Å²) < 4.78 is 160. The molecule has 0 aromatic heterocycles. The summed E-state index contributed by atoms with van der Waals surface area (Å²) in [6, 6.07) is 65.2. The molecule has 16 heteroatoms. The smallest absolute Gasteiger partial charge is 0.254 e. The number of nitrogens with zero attached hydrogens (tertiary/aromatic N) is 4. The Morgan fingerprint density at radius 1 is 0.347 bits per heavy atom. The second-order valence-electron chi connectivity index (χ2n) is 32.4. The molecule has 15 nitrogen and oxygen atoms in total. The number of ketones is 3. The van der Waals surface area contributed by atoms with Crippen LogP contribution in [0.15, 0.2) is 223 Å². The number of amides is 4. The number of hydrogen-bond acceptors (Lipinski definition) is 11. The summed E-state index contributed by atoms with van der Waals surface area (Å²) in [5, 5.41) is 0. The standard InChI is InChI=1S/C15H21NO.C14H19NO2.2C12H17NO.2C11H14O.C10H14O2S.2C10H14O/c1-12(2)13-7-6-8-14(11-13)15(17)16-9-4-3-5-10-16;1-10(2)12-6-5-7-13(8-12)14(17)15(4)9-11(3)16;1-9(2)10-5-7-11(8-6-10)12(14)13(3)4;1-9(2)10-6-5-7-11(8-10)12(14)13(3)4;1-8(2)10-4-6-11(7-5-10)9(3)12;1-8(2)10-5-4-6-11(7-10)9(3)12;1-8(2)9-4-6-10(7-5-9)13(3,11)12;1-8(2)9-4-6-10(11-3)7-5-9;1-8(2)9-5-4-6-10(7-9)11-3/h6-8,11-12H,3-5,9-10H2,1-2H3;5-8,10H,9H2,1-4H3;2*5-9H,1-4H3;2*4-8H,1-3H3;4-8H,1-3H3;2*4-8H,1-3H3/i;;2*3D3,4D3;;;;2*3D3. The molecule has 9 aromatic carbocycles. The fraction of sp³-hybridized carbons (Fsp3) is 0.419. The number of hydrogen-bond donors (Lipinski definition) is 0. The highest BCUT2D eigenvalue weighted by molar-refractivity contribution is 7.90. The highest BCUT2D eigenvalue weighted by atomic mass is 32.2. The number of Topliss-reactive ketones (excluding diaryl/α,β-unsaturated/α-hetero) is 3. The minimum absolute atomic E-state index is 0.0131. The van der Waals surface area contributed by atoms with Crippen molar-refractivity contribution in [1.29, 1.82) is 0 Å². The van der Waals surface area contributed by atoms with Gasteiger partial charge in [0.25, 0.3) is 23.6 Å². The molecule has 9 aromatic rings. The summed E-state index contributed by atoms with van der Waals surface area (Å²) in [5.74, 6) is 2.63. The van der Waals surface area contributed by atoms with Crippen molar-refractivity contribution in [3.63, 3.8) is 0 Å². The van der Waals surface area contributed by atoms with E-state index < -0.39 is 63.6 Å². The molecule has 1 fully saturated rings. The number of likely N-dealkylation sites (N-methyl/N-ethyl adjacent to an activating group) is 1. The van der Waals surface area contributed by atoms with E-state index in [1.54, 1.807) is 93.7 Å². The molecule has 656 valence electrons. The third kappa shape index (κ3) is 40.1. The van der Waals surface area contributed by atoms with Gasteiger partial charge in [0.1, 0.15) is 17.3 Å². The second kappa shape index (κ2) is 54.6. The van der Waals surface area contributed by atoms with Gasteiger partial charge in [-0.05, 0) is 234 Å². The summed E-state index contributed by atoms with van der Waals surface area (Å²) in [6.45, 7) is 31.9. The minimum Gasteiger partial charge on any atom is -0.497 e. The van der Waals surface area contributed by atoms with E-state index in [9.17, 15) is 42.0 Å². The van der Waals surface area contributed by atoms with Crippen molar-refractivity contribution in [2.24, 2.45) is 0 Å². The first-order chi connectivity index (χ1) is 63.9. The molecule has 0 bridgehead atoms. The molecule has 4 amide bonds. The van der Waals surface area contributed by atoms with Crippen molar-refractivity contribution in [2.75, 3.05) is 74.9 Å². The quantitative estimate of drug-likeness (QED) is 0.0661. The van der Waals surface area contributed by atoms with Gasteiger partial charge in [-0.1, -0.05) is 252 Å². The van der Waals surface area contributed by atoms with E-state index in [0.29, 0.717) is 63.4 Å². The number of piperidine rings is 1. The van der Waals surface area contributed by atoms with Crippen LogP contribution in [-0.4, -0.2) is 144 Å². The topological polar surface area (TPSA) is 185 Å². The maximum atomic E-state index is 12.3. The summed E-state index contributed by atoms with van der Waals surface area (Å²) in [7, 11) is -6.13. The Morgan fingerprint density at radius 2 is 0.653 bits per heavy atom. The Labute approximate surface area is 754 Å². The molecular weight excluding hydrogens is 1530 g/mol. The molecular formula is C105H144N4O11S. The van der Waals surface area contributed by atoms with Gasteiger partial charge in [0.15, 0.2) is 21.4 Å². The predicted octanol–water partition coefficient (Wildman–Crippen LogP) is 24.8. The molecule has 0 N–H and O–H groups in total. The highest BCUT2D eigenvalue weighted by Gasteiger charge is 2.20. The van der Waals surface area contributed by atoms with Crippen LogP contribution in [0.5, 0.6) is 11.5 Å². The first-order valence-electron chi connectivity index (χ1n) is 50.1. The fourth-order valence-corrected chi connectivity index (χ4v) is 12.1. The van der Waals surface area contributed by atoms with Crippen LogP contribution >= 0.6 is 0 Å². The van der Waals surface area contributed by atoms with Gasteiger partial charge in [-0.3, -0.25) is 33.6 Å². The minimum atomic E-state index is -3.05. The molecule has 1 aliphatic heterocycles. The molecule has 121 heavy (non-hydrogen) atoms. The predicted molar refractivity (Wildman–Crippen MR) is 504 cm³/mol. The van der Waals surface area contributed by atoms with E-state index >= 15 is 0 Å². The van der Waals surface area contributed by atoms with E-state index in [-0.39, 0.29) is 68.5 Å². The van der Waals surface area contributed by atoms with Gasteiger partial charge < -0.3 is 29.1 Å². The summed E-state index contributed by atoms with van der Waals surface area (Å²) in [4.78, 5) is 85.3. The molecule has 0 spiro atoms. The van der Waals surface area contributed by atoms with E-state index in [0.717, 1.165) is 70.4 Å². The van der Waals surface area contributed by atoms with Crippen LogP contribution in [0.2, 0.25) is 0 Å². The number of ether oxygens (including phenoxy) is 2. The van der Waals surface area contributed by atoms with Crippen LogP contribution in [0.4, 0.5) is 0 Å². The van der Waals surface area contributed by atoms with Crippen molar-refractivity contribution in [3.8, 4) is 11.5 Å². The van der Waals surface area contributed by atoms with E-state index in [4.69, 9.17) is 34.1 Å².